The Hall–Kier alpha value is -6.83. The number of guanidine groups is 1. The molecule has 2 aliphatic rings. The molecule has 3 amide bonds. The van der Waals surface area contributed by atoms with Crippen molar-refractivity contribution in [3.63, 3.8) is 0 Å². The standard InChI is InChI=1S/C49H54N4O10/c1-30(54)33-16-17-34-26-41(44(57)60-29-31-12-9-8-10-13-31)53(28-37(34)24-33)42(55)27-36-15-11-14-35-25-39(22-23-40(35)36)61-43(56)32-18-20-38(21-19-32)50-45(51-46(58)62-48(2,3)4)52-47(59)63-49(5,6)7/h8-10,12-13,16-25,36,41H,11,14-15,26-29H2,1-7H3,(H2,50,51,52,58,59)/t36?,41-/m1/s1. The van der Waals surface area contributed by atoms with Crippen molar-refractivity contribution < 1.29 is 47.7 Å². The van der Waals surface area contributed by atoms with Crippen LogP contribution in [0, 0.1) is 0 Å². The Morgan fingerprint density at radius 2 is 1.40 bits per heavy atom. The van der Waals surface area contributed by atoms with E-state index in [0.29, 0.717) is 17.0 Å². The molecule has 1 aliphatic heterocycles. The van der Waals surface area contributed by atoms with E-state index >= 15 is 0 Å². The van der Waals surface area contributed by atoms with E-state index in [-0.39, 0.29) is 55.1 Å². The highest BCUT2D eigenvalue weighted by atomic mass is 16.6. The third-order valence-electron chi connectivity index (χ3n) is 10.3. The smallest absolute Gasteiger partial charge is 0.414 e. The summed E-state index contributed by atoms with van der Waals surface area (Å²) in [6.45, 7) is 11.9. The van der Waals surface area contributed by atoms with Crippen LogP contribution in [0.1, 0.15) is 122 Å². The van der Waals surface area contributed by atoms with Crippen LogP contribution in [0.3, 0.4) is 0 Å². The lowest BCUT2D eigenvalue weighted by molar-refractivity contribution is -0.157. The molecule has 4 aromatic carbocycles. The van der Waals surface area contributed by atoms with Crippen LogP contribution < -0.4 is 15.4 Å². The van der Waals surface area contributed by atoms with Gasteiger partial charge in [0.25, 0.3) is 0 Å². The number of alkyl carbamates (subject to hydrolysis) is 2. The van der Waals surface area contributed by atoms with E-state index < -0.39 is 41.4 Å². The molecule has 0 fully saturated rings. The summed E-state index contributed by atoms with van der Waals surface area (Å²) in [6.07, 6.45) is 1.05. The summed E-state index contributed by atoms with van der Waals surface area (Å²) >= 11 is 0. The number of carbonyl (C=O) groups is 6. The molecule has 14 heteroatoms. The van der Waals surface area contributed by atoms with Crippen LogP contribution in [0.25, 0.3) is 0 Å². The first-order valence-electron chi connectivity index (χ1n) is 21.0. The maximum atomic E-state index is 14.3. The predicted octanol–water partition coefficient (Wildman–Crippen LogP) is 8.65. The molecule has 0 spiro atoms. The van der Waals surface area contributed by atoms with E-state index in [1.807, 2.05) is 48.5 Å². The number of ether oxygens (including phenoxy) is 4. The van der Waals surface area contributed by atoms with E-state index in [9.17, 15) is 28.8 Å². The fourth-order valence-electron chi connectivity index (χ4n) is 7.45. The van der Waals surface area contributed by atoms with E-state index in [1.54, 1.807) is 64.6 Å². The van der Waals surface area contributed by atoms with E-state index in [4.69, 9.17) is 18.9 Å². The zero-order chi connectivity index (χ0) is 45.5. The lowest BCUT2D eigenvalue weighted by Gasteiger charge is -2.37. The second kappa shape index (κ2) is 19.5. The number of rotatable bonds is 9. The highest BCUT2D eigenvalue weighted by Gasteiger charge is 2.37. The van der Waals surface area contributed by atoms with Gasteiger partial charge in [-0.25, -0.2) is 24.2 Å². The number of hydrogen-bond acceptors (Lipinski definition) is 11. The van der Waals surface area contributed by atoms with Crippen molar-refractivity contribution in [3.05, 3.63) is 130 Å². The molecule has 4 aromatic rings. The quantitative estimate of drug-likeness (QED) is 0.0413. The Labute approximate surface area is 367 Å². The molecule has 14 nitrogen and oxygen atoms in total. The molecule has 0 radical (unpaired) electrons. The molecule has 63 heavy (non-hydrogen) atoms. The van der Waals surface area contributed by atoms with Crippen molar-refractivity contribution in [2.24, 2.45) is 4.99 Å². The molecule has 1 unspecified atom stereocenters. The van der Waals surface area contributed by atoms with Crippen molar-refractivity contribution >= 4 is 47.5 Å². The van der Waals surface area contributed by atoms with Gasteiger partial charge in [-0.1, -0.05) is 48.5 Å². The number of nitrogens with one attached hydrogen (secondary N) is 2. The molecule has 1 heterocycles. The molecular formula is C49H54N4O10. The summed E-state index contributed by atoms with van der Waals surface area (Å²) in [7, 11) is 0. The van der Waals surface area contributed by atoms with Crippen LogP contribution in [-0.2, 0) is 49.8 Å². The zero-order valence-electron chi connectivity index (χ0n) is 36.7. The van der Waals surface area contributed by atoms with Gasteiger partial charge in [0.15, 0.2) is 5.78 Å². The third kappa shape index (κ3) is 12.9. The second-order valence-electron chi connectivity index (χ2n) is 17.7. The fourth-order valence-corrected chi connectivity index (χ4v) is 7.45. The molecule has 0 saturated carbocycles. The van der Waals surface area contributed by atoms with Crippen LogP contribution in [0.5, 0.6) is 5.75 Å². The largest absolute Gasteiger partial charge is 0.459 e. The van der Waals surface area contributed by atoms with Crippen molar-refractivity contribution in [2.75, 3.05) is 0 Å². The maximum Gasteiger partial charge on any atom is 0.414 e. The third-order valence-corrected chi connectivity index (χ3v) is 10.3. The van der Waals surface area contributed by atoms with Crippen LogP contribution >= 0.6 is 0 Å². The lowest BCUT2D eigenvalue weighted by atomic mass is 9.80. The number of fused-ring (bicyclic) bond motifs is 2. The number of nitrogens with zero attached hydrogens (tertiary/aromatic N) is 2. The molecule has 2 N–H and O–H groups in total. The average molecular weight is 859 g/mol. The molecular weight excluding hydrogens is 805 g/mol. The number of carbonyl (C=O) groups excluding carboxylic acids is 6. The normalized spacial score (nSPS) is 15.7. The summed E-state index contributed by atoms with van der Waals surface area (Å²) in [6, 6.07) is 25.4. The SMILES string of the molecule is CC(=O)c1ccc2c(c1)CN(C(=O)CC1CCCc3cc(OC(=O)c4ccc(N=C(NC(=O)OC(C)(C)C)NC(=O)OC(C)(C)C)cc4)ccc31)[C@@H](C(=O)OCc1ccccc1)C2. The Bertz CT molecular complexity index is 2370. The molecule has 0 saturated heterocycles. The number of ketones is 1. The summed E-state index contributed by atoms with van der Waals surface area (Å²) in [5.41, 5.74) is 3.97. The number of hydrogen-bond donors (Lipinski definition) is 2. The minimum absolute atomic E-state index is 0.0808. The van der Waals surface area contributed by atoms with Gasteiger partial charge in [-0.05, 0) is 144 Å². The number of Topliss-reactive ketones (excluding diaryl/α,β-unsaturated/α-hetero) is 1. The van der Waals surface area contributed by atoms with Crippen molar-refractivity contribution in [1.29, 1.82) is 0 Å². The summed E-state index contributed by atoms with van der Waals surface area (Å²) in [4.78, 5) is 84.4. The first kappa shape index (κ1) is 45.7. The highest BCUT2D eigenvalue weighted by Crippen LogP contribution is 2.37. The maximum absolute atomic E-state index is 14.3. The van der Waals surface area contributed by atoms with Crippen LogP contribution in [0.15, 0.2) is 96.0 Å². The van der Waals surface area contributed by atoms with Crippen molar-refractivity contribution in [1.82, 2.24) is 15.5 Å². The number of esters is 2. The van der Waals surface area contributed by atoms with Gasteiger partial charge in [-0.15, -0.1) is 0 Å². The fraction of sp³-hybridized carbons (Fsp3) is 0.367. The van der Waals surface area contributed by atoms with Gasteiger partial charge in [-0.3, -0.25) is 20.2 Å². The summed E-state index contributed by atoms with van der Waals surface area (Å²) in [5.74, 6) is -1.41. The Morgan fingerprint density at radius 3 is 2.03 bits per heavy atom. The highest BCUT2D eigenvalue weighted by molar-refractivity contribution is 6.02. The zero-order valence-corrected chi connectivity index (χ0v) is 36.7. The topological polar surface area (TPSA) is 179 Å². The molecule has 6 rings (SSSR count). The molecule has 1 aliphatic carbocycles. The van der Waals surface area contributed by atoms with Gasteiger partial charge < -0.3 is 23.8 Å². The number of aryl methyl sites for hydroxylation is 1. The Morgan fingerprint density at radius 1 is 0.746 bits per heavy atom. The Balaban J connectivity index is 1.13. The second-order valence-corrected chi connectivity index (χ2v) is 17.7. The minimum Gasteiger partial charge on any atom is -0.459 e. The average Bonchev–Trinajstić information content (AvgIpc) is 3.21. The summed E-state index contributed by atoms with van der Waals surface area (Å²) < 4.78 is 22.1. The van der Waals surface area contributed by atoms with Crippen LogP contribution in [-0.4, -0.2) is 63.9 Å². The Kier molecular flexibility index (Phi) is 14.1. The van der Waals surface area contributed by atoms with Crippen molar-refractivity contribution in [3.8, 4) is 5.75 Å². The minimum atomic E-state index is -0.843. The first-order valence-corrected chi connectivity index (χ1v) is 21.0. The van der Waals surface area contributed by atoms with Gasteiger partial charge >= 0.3 is 24.1 Å². The van der Waals surface area contributed by atoms with Gasteiger partial charge in [0.2, 0.25) is 11.9 Å². The summed E-state index contributed by atoms with van der Waals surface area (Å²) in [5, 5.41) is 4.85. The predicted molar refractivity (Wildman–Crippen MR) is 235 cm³/mol. The molecule has 330 valence electrons. The molecule has 0 bridgehead atoms. The van der Waals surface area contributed by atoms with E-state index in [2.05, 4.69) is 15.6 Å². The molecule has 2 atom stereocenters. The lowest BCUT2D eigenvalue weighted by Crippen LogP contribution is -2.49. The number of amides is 3. The monoisotopic (exact) mass is 858 g/mol. The van der Waals surface area contributed by atoms with Crippen molar-refractivity contribution in [2.45, 2.75) is 117 Å². The molecule has 0 aromatic heterocycles. The van der Waals surface area contributed by atoms with E-state index in [1.165, 1.54) is 31.2 Å². The first-order chi connectivity index (χ1) is 29.8. The number of benzene rings is 4. The van der Waals surface area contributed by atoms with Gasteiger partial charge in [-0.2, -0.15) is 0 Å². The van der Waals surface area contributed by atoms with E-state index in [0.717, 1.165) is 47.1 Å². The van der Waals surface area contributed by atoms with Gasteiger partial charge in [0.1, 0.15) is 29.6 Å². The van der Waals surface area contributed by atoms with Gasteiger partial charge in [0, 0.05) is 24.9 Å². The number of aliphatic imine (C=N–C) groups is 1. The van der Waals surface area contributed by atoms with Crippen LogP contribution in [0.4, 0.5) is 15.3 Å². The van der Waals surface area contributed by atoms with Crippen LogP contribution in [0.2, 0.25) is 0 Å². The van der Waals surface area contributed by atoms with Gasteiger partial charge in [0.05, 0.1) is 11.3 Å².